The van der Waals surface area contributed by atoms with Gasteiger partial charge in [0.15, 0.2) is 0 Å². The third-order valence-corrected chi connectivity index (χ3v) is 3.49. The summed E-state index contributed by atoms with van der Waals surface area (Å²) in [7, 11) is 0. The third kappa shape index (κ3) is 4.99. The van der Waals surface area contributed by atoms with Crippen LogP contribution in [0.5, 0.6) is 0 Å². The molecule has 1 aromatic carbocycles. The summed E-state index contributed by atoms with van der Waals surface area (Å²) >= 11 is 0. The van der Waals surface area contributed by atoms with Crippen LogP contribution in [0.2, 0.25) is 0 Å². The zero-order chi connectivity index (χ0) is 14.5. The lowest BCUT2D eigenvalue weighted by atomic mass is 9.79. The Kier molecular flexibility index (Phi) is 6.06. The van der Waals surface area contributed by atoms with Gasteiger partial charge in [-0.3, -0.25) is 0 Å². The number of hydrogen-bond donors (Lipinski definition) is 1. The summed E-state index contributed by atoms with van der Waals surface area (Å²) in [5.74, 6) is 0.997. The van der Waals surface area contributed by atoms with Crippen LogP contribution in [-0.2, 0) is 12.0 Å². The van der Waals surface area contributed by atoms with Crippen molar-refractivity contribution in [3.63, 3.8) is 0 Å². The van der Waals surface area contributed by atoms with E-state index >= 15 is 0 Å². The third-order valence-electron chi connectivity index (χ3n) is 3.49. The van der Waals surface area contributed by atoms with Crippen LogP contribution in [-0.4, -0.2) is 5.11 Å². The van der Waals surface area contributed by atoms with Crippen molar-refractivity contribution in [2.75, 3.05) is 0 Å². The molecule has 1 N–H and O–H groups in total. The van der Waals surface area contributed by atoms with Gasteiger partial charge in [-0.25, -0.2) is 0 Å². The Balaban J connectivity index is 3.05. The molecule has 19 heavy (non-hydrogen) atoms. The van der Waals surface area contributed by atoms with Gasteiger partial charge in [-0.1, -0.05) is 65.3 Å². The van der Waals surface area contributed by atoms with E-state index in [0.717, 1.165) is 31.2 Å². The van der Waals surface area contributed by atoms with Gasteiger partial charge in [0.2, 0.25) is 0 Å². The van der Waals surface area contributed by atoms with E-state index in [1.807, 2.05) is 0 Å². The number of rotatable bonds is 7. The molecule has 1 aromatic rings. The lowest BCUT2D eigenvalue weighted by Crippen LogP contribution is -2.29. The quantitative estimate of drug-likeness (QED) is 0.739. The SMILES string of the molecule is CCCc1cccc(C(O)(CC(C)C)CC(C)C)c1. The van der Waals surface area contributed by atoms with Crippen molar-refractivity contribution in [2.24, 2.45) is 11.8 Å². The van der Waals surface area contributed by atoms with E-state index in [1.165, 1.54) is 5.56 Å². The first-order valence-corrected chi connectivity index (χ1v) is 7.69. The Morgan fingerprint density at radius 1 is 1.05 bits per heavy atom. The average molecular weight is 262 g/mol. The Bertz CT molecular complexity index is 369. The molecular formula is C18H30O. The molecule has 0 aliphatic carbocycles. The minimum absolute atomic E-state index is 0.499. The molecule has 0 unspecified atom stereocenters. The van der Waals surface area contributed by atoms with Gasteiger partial charge in [-0.2, -0.15) is 0 Å². The Labute approximate surface area is 119 Å². The number of benzene rings is 1. The first-order valence-electron chi connectivity index (χ1n) is 7.69. The predicted molar refractivity (Wildman–Crippen MR) is 83.2 cm³/mol. The zero-order valence-corrected chi connectivity index (χ0v) is 13.2. The fourth-order valence-corrected chi connectivity index (χ4v) is 2.97. The fraction of sp³-hybridized carbons (Fsp3) is 0.667. The van der Waals surface area contributed by atoms with E-state index < -0.39 is 5.60 Å². The standard InChI is InChI=1S/C18H30O/c1-6-8-16-9-7-10-17(11-16)18(19,12-14(2)3)13-15(4)5/h7,9-11,14-15,19H,6,8,12-13H2,1-5H3. The number of aliphatic hydroxyl groups is 1. The van der Waals surface area contributed by atoms with Crippen molar-refractivity contribution < 1.29 is 5.11 Å². The highest BCUT2D eigenvalue weighted by Crippen LogP contribution is 2.35. The van der Waals surface area contributed by atoms with Crippen LogP contribution >= 0.6 is 0 Å². The molecule has 0 aliphatic rings. The van der Waals surface area contributed by atoms with Gasteiger partial charge in [-0.15, -0.1) is 0 Å². The summed E-state index contributed by atoms with van der Waals surface area (Å²) in [4.78, 5) is 0. The van der Waals surface area contributed by atoms with Crippen molar-refractivity contribution in [3.8, 4) is 0 Å². The van der Waals surface area contributed by atoms with Crippen molar-refractivity contribution in [2.45, 2.75) is 65.9 Å². The maximum Gasteiger partial charge on any atom is 0.0901 e. The highest BCUT2D eigenvalue weighted by atomic mass is 16.3. The first-order chi connectivity index (χ1) is 8.87. The molecule has 1 heteroatoms. The molecule has 0 aliphatic heterocycles. The Hall–Kier alpha value is -0.820. The normalized spacial score (nSPS) is 12.4. The smallest absolute Gasteiger partial charge is 0.0901 e. The van der Waals surface area contributed by atoms with Gasteiger partial charge in [0, 0.05) is 0 Å². The van der Waals surface area contributed by atoms with Crippen LogP contribution in [0.3, 0.4) is 0 Å². The molecule has 0 saturated carbocycles. The predicted octanol–water partition coefficient (Wildman–Crippen LogP) is 4.92. The summed E-state index contributed by atoms with van der Waals surface area (Å²) in [5.41, 5.74) is 1.76. The fourth-order valence-electron chi connectivity index (χ4n) is 2.97. The van der Waals surface area contributed by atoms with Crippen molar-refractivity contribution in [1.82, 2.24) is 0 Å². The number of hydrogen-bond acceptors (Lipinski definition) is 1. The molecule has 0 amide bonds. The van der Waals surface area contributed by atoms with Crippen LogP contribution in [0.25, 0.3) is 0 Å². The van der Waals surface area contributed by atoms with E-state index in [0.29, 0.717) is 11.8 Å². The van der Waals surface area contributed by atoms with Crippen molar-refractivity contribution >= 4 is 0 Å². The molecule has 0 bridgehead atoms. The van der Waals surface area contributed by atoms with E-state index in [-0.39, 0.29) is 0 Å². The lowest BCUT2D eigenvalue weighted by molar-refractivity contribution is -0.00456. The highest BCUT2D eigenvalue weighted by molar-refractivity contribution is 5.28. The molecule has 0 aromatic heterocycles. The Morgan fingerprint density at radius 3 is 2.11 bits per heavy atom. The largest absolute Gasteiger partial charge is 0.385 e. The second-order valence-corrected chi connectivity index (χ2v) is 6.68. The Morgan fingerprint density at radius 2 is 1.63 bits per heavy atom. The van der Waals surface area contributed by atoms with Crippen LogP contribution in [0.15, 0.2) is 24.3 Å². The molecule has 108 valence electrons. The van der Waals surface area contributed by atoms with Gasteiger partial charge < -0.3 is 5.11 Å². The van der Waals surface area contributed by atoms with Gasteiger partial charge in [-0.05, 0) is 42.2 Å². The molecule has 1 rings (SSSR count). The summed E-state index contributed by atoms with van der Waals surface area (Å²) in [6.07, 6.45) is 3.91. The second kappa shape index (κ2) is 7.09. The van der Waals surface area contributed by atoms with Crippen molar-refractivity contribution in [3.05, 3.63) is 35.4 Å². The van der Waals surface area contributed by atoms with Crippen LogP contribution in [0.4, 0.5) is 0 Å². The summed E-state index contributed by atoms with van der Waals surface area (Å²) in [6.45, 7) is 10.9. The van der Waals surface area contributed by atoms with E-state index in [9.17, 15) is 5.11 Å². The molecule has 0 heterocycles. The van der Waals surface area contributed by atoms with E-state index in [1.54, 1.807) is 0 Å². The van der Waals surface area contributed by atoms with Crippen molar-refractivity contribution in [1.29, 1.82) is 0 Å². The molecule has 0 saturated heterocycles. The van der Waals surface area contributed by atoms with Crippen LogP contribution in [0.1, 0.15) is 65.0 Å². The van der Waals surface area contributed by atoms with Crippen LogP contribution in [0, 0.1) is 11.8 Å². The maximum atomic E-state index is 11.1. The minimum Gasteiger partial charge on any atom is -0.385 e. The molecule has 1 nitrogen and oxygen atoms in total. The highest BCUT2D eigenvalue weighted by Gasteiger charge is 2.31. The molecule has 0 spiro atoms. The molecule has 0 atom stereocenters. The summed E-state index contributed by atoms with van der Waals surface area (Å²) < 4.78 is 0. The summed E-state index contributed by atoms with van der Waals surface area (Å²) in [6, 6.07) is 8.54. The van der Waals surface area contributed by atoms with Gasteiger partial charge >= 0.3 is 0 Å². The monoisotopic (exact) mass is 262 g/mol. The molecule has 0 radical (unpaired) electrons. The minimum atomic E-state index is -0.675. The van der Waals surface area contributed by atoms with E-state index in [2.05, 4.69) is 58.9 Å². The summed E-state index contributed by atoms with van der Waals surface area (Å²) in [5, 5.41) is 11.1. The molecule has 0 fully saturated rings. The lowest BCUT2D eigenvalue weighted by Gasteiger charge is -2.32. The maximum absolute atomic E-state index is 11.1. The number of aryl methyl sites for hydroxylation is 1. The zero-order valence-electron chi connectivity index (χ0n) is 13.2. The van der Waals surface area contributed by atoms with Gasteiger partial charge in [0.1, 0.15) is 0 Å². The van der Waals surface area contributed by atoms with Crippen LogP contribution < -0.4 is 0 Å². The van der Waals surface area contributed by atoms with Gasteiger partial charge in [0.05, 0.1) is 5.60 Å². The topological polar surface area (TPSA) is 20.2 Å². The second-order valence-electron chi connectivity index (χ2n) is 6.68. The van der Waals surface area contributed by atoms with Gasteiger partial charge in [0.25, 0.3) is 0 Å². The first kappa shape index (κ1) is 16.2. The molecular weight excluding hydrogens is 232 g/mol. The average Bonchev–Trinajstić information content (AvgIpc) is 2.27. The van der Waals surface area contributed by atoms with E-state index in [4.69, 9.17) is 0 Å².